The Bertz CT molecular complexity index is 1310. The number of fused-ring (bicyclic) bond motifs is 3. The molecule has 2 heteroatoms. The molecule has 2 atom stereocenters. The van der Waals surface area contributed by atoms with Gasteiger partial charge in [0.1, 0.15) is 11.5 Å². The highest BCUT2D eigenvalue weighted by molar-refractivity contribution is 5.86. The van der Waals surface area contributed by atoms with Gasteiger partial charge in [-0.15, -0.1) is 0 Å². The maximum atomic E-state index is 6.33. The zero-order valence-electron chi connectivity index (χ0n) is 26.8. The summed E-state index contributed by atoms with van der Waals surface area (Å²) in [6.07, 6.45) is 9.80. The van der Waals surface area contributed by atoms with Gasteiger partial charge in [0.25, 0.3) is 0 Å². The lowest BCUT2D eigenvalue weighted by Crippen LogP contribution is -2.28. The molecular weight excluding hydrogens is 524 g/mol. The predicted octanol–water partition coefficient (Wildman–Crippen LogP) is 11.2. The smallest absolute Gasteiger partial charge is 0.119 e. The third kappa shape index (κ3) is 6.54. The van der Waals surface area contributed by atoms with E-state index >= 15 is 0 Å². The topological polar surface area (TPSA) is 18.5 Å². The zero-order chi connectivity index (χ0) is 30.1. The molecule has 0 saturated heterocycles. The van der Waals surface area contributed by atoms with Crippen LogP contribution < -0.4 is 9.47 Å². The van der Waals surface area contributed by atoms with Crippen molar-refractivity contribution in [1.29, 1.82) is 0 Å². The molecule has 1 aliphatic rings. The van der Waals surface area contributed by atoms with Gasteiger partial charge in [-0.1, -0.05) is 139 Å². The Hall–Kier alpha value is -3.52. The van der Waals surface area contributed by atoms with Gasteiger partial charge < -0.3 is 9.47 Å². The van der Waals surface area contributed by atoms with Crippen molar-refractivity contribution in [3.05, 3.63) is 119 Å². The first kappa shape index (κ1) is 30.9. The van der Waals surface area contributed by atoms with Crippen LogP contribution in [0, 0.1) is 11.8 Å². The van der Waals surface area contributed by atoms with E-state index in [0.717, 1.165) is 37.6 Å². The SMILES string of the molecule is CCCCC(CC)COc1ccc(C2(c3ccc(OCC(CC)CCCC)cc3)c3ccccc3-c3ccccc32)cc1. The van der Waals surface area contributed by atoms with Crippen molar-refractivity contribution < 1.29 is 9.47 Å². The molecule has 5 rings (SSSR count). The molecule has 0 saturated carbocycles. The van der Waals surface area contributed by atoms with E-state index in [1.807, 2.05) is 0 Å². The fourth-order valence-corrected chi connectivity index (χ4v) is 6.85. The summed E-state index contributed by atoms with van der Waals surface area (Å²) in [7, 11) is 0. The summed E-state index contributed by atoms with van der Waals surface area (Å²) in [6, 6.07) is 35.7. The maximum Gasteiger partial charge on any atom is 0.119 e. The molecule has 4 aromatic carbocycles. The Kier molecular flexibility index (Phi) is 10.6. The van der Waals surface area contributed by atoms with Gasteiger partial charge in [0.15, 0.2) is 0 Å². The second kappa shape index (κ2) is 14.8. The second-order valence-corrected chi connectivity index (χ2v) is 12.3. The van der Waals surface area contributed by atoms with Crippen LogP contribution in [0.4, 0.5) is 0 Å². The van der Waals surface area contributed by atoms with Crippen molar-refractivity contribution in [3.8, 4) is 22.6 Å². The largest absolute Gasteiger partial charge is 0.493 e. The normalized spacial score (nSPS) is 14.5. The highest BCUT2D eigenvalue weighted by atomic mass is 16.5. The highest BCUT2D eigenvalue weighted by Gasteiger charge is 2.45. The van der Waals surface area contributed by atoms with E-state index in [1.165, 1.54) is 71.9 Å². The summed E-state index contributed by atoms with van der Waals surface area (Å²) in [5.74, 6) is 3.12. The lowest BCUT2D eigenvalue weighted by molar-refractivity contribution is 0.233. The van der Waals surface area contributed by atoms with Crippen LogP contribution in [0.3, 0.4) is 0 Å². The summed E-state index contributed by atoms with van der Waals surface area (Å²) < 4.78 is 12.7. The number of unbranched alkanes of at least 4 members (excludes halogenated alkanes) is 2. The van der Waals surface area contributed by atoms with Crippen molar-refractivity contribution in [1.82, 2.24) is 0 Å². The molecule has 2 nitrogen and oxygen atoms in total. The maximum absolute atomic E-state index is 6.33. The molecule has 0 radical (unpaired) electrons. The Morgan fingerprint density at radius 2 is 0.907 bits per heavy atom. The van der Waals surface area contributed by atoms with Gasteiger partial charge in [0.2, 0.25) is 0 Å². The molecule has 226 valence electrons. The van der Waals surface area contributed by atoms with Crippen LogP contribution in [0.5, 0.6) is 11.5 Å². The van der Waals surface area contributed by atoms with E-state index in [2.05, 4.69) is 125 Å². The third-order valence-electron chi connectivity index (χ3n) is 9.58. The van der Waals surface area contributed by atoms with Gasteiger partial charge in [-0.05, 0) is 82.3 Å². The number of hydrogen-bond donors (Lipinski definition) is 0. The van der Waals surface area contributed by atoms with E-state index in [4.69, 9.17) is 9.47 Å². The number of hydrogen-bond acceptors (Lipinski definition) is 2. The van der Waals surface area contributed by atoms with Crippen molar-refractivity contribution in [3.63, 3.8) is 0 Å². The lowest BCUT2D eigenvalue weighted by Gasteiger charge is -2.34. The third-order valence-corrected chi connectivity index (χ3v) is 9.58. The minimum absolute atomic E-state index is 0.412. The van der Waals surface area contributed by atoms with Crippen molar-refractivity contribution in [2.75, 3.05) is 13.2 Å². The van der Waals surface area contributed by atoms with Crippen LogP contribution >= 0.6 is 0 Å². The first-order chi connectivity index (χ1) is 21.1. The average molecular weight is 575 g/mol. The van der Waals surface area contributed by atoms with Crippen LogP contribution in [0.15, 0.2) is 97.1 Å². The number of ether oxygens (including phenoxy) is 2. The predicted molar refractivity (Wildman–Crippen MR) is 181 cm³/mol. The summed E-state index contributed by atoms with van der Waals surface area (Å²) in [5.41, 5.74) is 7.38. The molecule has 0 fully saturated rings. The van der Waals surface area contributed by atoms with Gasteiger partial charge in [-0.25, -0.2) is 0 Å². The van der Waals surface area contributed by atoms with Gasteiger partial charge >= 0.3 is 0 Å². The molecule has 0 spiro atoms. The first-order valence-corrected chi connectivity index (χ1v) is 16.8. The van der Waals surface area contributed by atoms with Crippen molar-refractivity contribution in [2.24, 2.45) is 11.8 Å². The molecule has 0 N–H and O–H groups in total. The van der Waals surface area contributed by atoms with Crippen LogP contribution in [-0.2, 0) is 5.41 Å². The number of rotatable bonds is 16. The Morgan fingerprint density at radius 3 is 1.28 bits per heavy atom. The second-order valence-electron chi connectivity index (χ2n) is 12.3. The molecular formula is C41H50O2. The molecule has 0 aliphatic heterocycles. The van der Waals surface area contributed by atoms with Crippen LogP contribution in [-0.4, -0.2) is 13.2 Å². The van der Waals surface area contributed by atoms with Crippen molar-refractivity contribution in [2.45, 2.75) is 84.5 Å². The van der Waals surface area contributed by atoms with E-state index in [-0.39, 0.29) is 0 Å². The fraction of sp³-hybridized carbons (Fsp3) is 0.415. The Labute approximate surface area is 260 Å². The minimum Gasteiger partial charge on any atom is -0.493 e. The van der Waals surface area contributed by atoms with Gasteiger partial charge in [-0.2, -0.15) is 0 Å². The van der Waals surface area contributed by atoms with E-state index in [0.29, 0.717) is 11.8 Å². The fourth-order valence-electron chi connectivity index (χ4n) is 6.85. The molecule has 1 aliphatic carbocycles. The average Bonchev–Trinajstić information content (AvgIpc) is 3.37. The first-order valence-electron chi connectivity index (χ1n) is 16.8. The Balaban J connectivity index is 1.49. The van der Waals surface area contributed by atoms with E-state index in [9.17, 15) is 0 Å². The van der Waals surface area contributed by atoms with Crippen LogP contribution in [0.25, 0.3) is 11.1 Å². The van der Waals surface area contributed by atoms with Gasteiger partial charge in [0.05, 0.1) is 18.6 Å². The number of benzene rings is 4. The zero-order valence-corrected chi connectivity index (χ0v) is 26.8. The molecule has 0 aromatic heterocycles. The summed E-state index contributed by atoms with van der Waals surface area (Å²) in [4.78, 5) is 0. The highest BCUT2D eigenvalue weighted by Crippen LogP contribution is 2.56. The van der Waals surface area contributed by atoms with Crippen LogP contribution in [0.1, 0.15) is 101 Å². The quantitative estimate of drug-likeness (QED) is 0.117. The van der Waals surface area contributed by atoms with Gasteiger partial charge in [-0.3, -0.25) is 0 Å². The molecule has 0 bridgehead atoms. The summed E-state index contributed by atoms with van der Waals surface area (Å²) in [5, 5.41) is 0. The van der Waals surface area contributed by atoms with Crippen molar-refractivity contribution >= 4 is 0 Å². The lowest BCUT2D eigenvalue weighted by atomic mass is 9.68. The monoisotopic (exact) mass is 574 g/mol. The van der Waals surface area contributed by atoms with Gasteiger partial charge in [0, 0.05) is 0 Å². The molecule has 4 aromatic rings. The molecule has 0 heterocycles. The minimum atomic E-state index is -0.412. The summed E-state index contributed by atoms with van der Waals surface area (Å²) in [6.45, 7) is 10.6. The van der Waals surface area contributed by atoms with E-state index < -0.39 is 5.41 Å². The molecule has 0 amide bonds. The summed E-state index contributed by atoms with van der Waals surface area (Å²) >= 11 is 0. The van der Waals surface area contributed by atoms with Crippen LogP contribution in [0.2, 0.25) is 0 Å². The molecule has 43 heavy (non-hydrogen) atoms. The molecule has 2 unspecified atom stereocenters. The Morgan fingerprint density at radius 1 is 0.512 bits per heavy atom. The van der Waals surface area contributed by atoms with E-state index in [1.54, 1.807) is 0 Å². The standard InChI is InChI=1S/C41H50O2/c1-5-9-15-31(7-3)29-42-35-25-21-33(22-26-35)41(39-19-13-11-17-37(39)38-18-12-14-20-40(38)41)34-23-27-36(28-24-34)43-30-32(8-4)16-10-6-2/h11-14,17-28,31-32H,5-10,15-16,29-30H2,1-4H3.